The van der Waals surface area contributed by atoms with Crippen LogP contribution < -0.4 is 0 Å². The Morgan fingerprint density at radius 1 is 1.43 bits per heavy atom. The molecule has 2 aliphatic heterocycles. The Morgan fingerprint density at radius 2 is 2.21 bits per heavy atom. The van der Waals surface area contributed by atoms with Crippen LogP contribution in [0.3, 0.4) is 0 Å². The van der Waals surface area contributed by atoms with Crippen molar-refractivity contribution in [3.05, 3.63) is 33.8 Å². The minimum Gasteiger partial charge on any atom is -0.363 e. The summed E-state index contributed by atoms with van der Waals surface area (Å²) in [5.74, 6) is 0. The highest BCUT2D eigenvalue weighted by molar-refractivity contribution is 9.10. The van der Waals surface area contributed by atoms with Gasteiger partial charge in [0.25, 0.3) is 0 Å². The monoisotopic (exact) mass is 273 g/mol. The van der Waals surface area contributed by atoms with Gasteiger partial charge in [0.2, 0.25) is 0 Å². The molecule has 1 aromatic rings. The lowest BCUT2D eigenvalue weighted by atomic mass is 9.87. The van der Waals surface area contributed by atoms with Crippen molar-refractivity contribution in [1.82, 2.24) is 4.42 Å². The van der Waals surface area contributed by atoms with E-state index in [1.54, 1.807) is 4.42 Å². The zero-order valence-corrected chi connectivity index (χ0v) is 9.81. The first-order valence-corrected chi connectivity index (χ1v) is 5.66. The molecule has 2 nitrogen and oxygen atoms in total. The van der Waals surface area contributed by atoms with E-state index >= 15 is 0 Å². The zero-order chi connectivity index (χ0) is 9.76. The van der Waals surface area contributed by atoms with E-state index in [1.807, 2.05) is 0 Å². The summed E-state index contributed by atoms with van der Waals surface area (Å²) in [5, 5.41) is 0. The van der Waals surface area contributed by atoms with Gasteiger partial charge < -0.3 is 4.74 Å². The summed E-state index contributed by atoms with van der Waals surface area (Å²) in [6, 6.07) is 6.32. The summed E-state index contributed by atoms with van der Waals surface area (Å²) in [5.41, 5.74) is 2.47. The van der Waals surface area contributed by atoms with Crippen molar-refractivity contribution in [3.63, 3.8) is 0 Å². The molecular formula is C10H9BrClNO. The number of halogens is 2. The molecule has 0 bridgehead atoms. The molecule has 2 heterocycles. The van der Waals surface area contributed by atoms with Crippen LogP contribution in [0.4, 0.5) is 0 Å². The highest BCUT2D eigenvalue weighted by Crippen LogP contribution is 2.44. The summed E-state index contributed by atoms with van der Waals surface area (Å²) in [6.07, 6.45) is 0. The van der Waals surface area contributed by atoms with Crippen LogP contribution in [0, 0.1) is 0 Å². The van der Waals surface area contributed by atoms with Gasteiger partial charge in [0.1, 0.15) is 5.60 Å². The zero-order valence-electron chi connectivity index (χ0n) is 7.46. The minimum atomic E-state index is -0.113. The van der Waals surface area contributed by atoms with Crippen LogP contribution >= 0.6 is 27.7 Å². The van der Waals surface area contributed by atoms with Crippen LogP contribution in [0.15, 0.2) is 22.7 Å². The topological polar surface area (TPSA) is 12.5 Å². The fourth-order valence-corrected chi connectivity index (χ4v) is 2.98. The van der Waals surface area contributed by atoms with Gasteiger partial charge in [0, 0.05) is 17.6 Å². The Labute approximate surface area is 96.0 Å². The molecule has 4 heteroatoms. The van der Waals surface area contributed by atoms with Crippen LogP contribution in [0.25, 0.3) is 0 Å². The van der Waals surface area contributed by atoms with Crippen molar-refractivity contribution in [2.45, 2.75) is 12.2 Å². The molecule has 14 heavy (non-hydrogen) atoms. The molecule has 0 aliphatic carbocycles. The van der Waals surface area contributed by atoms with Gasteiger partial charge in [-0.15, -0.1) is 0 Å². The summed E-state index contributed by atoms with van der Waals surface area (Å²) in [7, 11) is 0. The first-order chi connectivity index (χ1) is 6.70. The fraction of sp³-hybridized carbons (Fsp3) is 0.400. The molecule has 3 rings (SSSR count). The van der Waals surface area contributed by atoms with Crippen LogP contribution in [0.5, 0.6) is 0 Å². The number of rotatable bonds is 0. The molecule has 74 valence electrons. The maximum atomic E-state index is 5.86. The van der Waals surface area contributed by atoms with Crippen LogP contribution in [0.1, 0.15) is 11.1 Å². The third-order valence-corrected chi connectivity index (χ3v) is 3.65. The van der Waals surface area contributed by atoms with Gasteiger partial charge in [0.05, 0.1) is 6.61 Å². The smallest absolute Gasteiger partial charge is 0.122 e. The van der Waals surface area contributed by atoms with Crippen molar-refractivity contribution in [3.8, 4) is 0 Å². The Balaban J connectivity index is 2.03. The Bertz CT molecular complexity index is 390. The number of nitrogens with zero attached hydrogens (tertiary/aromatic N) is 1. The fourth-order valence-electron chi connectivity index (χ4n) is 2.19. The Morgan fingerprint density at radius 3 is 2.93 bits per heavy atom. The second kappa shape index (κ2) is 2.95. The molecule has 1 saturated heterocycles. The molecule has 0 atom stereocenters. The van der Waals surface area contributed by atoms with E-state index in [4.69, 9.17) is 16.5 Å². The van der Waals surface area contributed by atoms with Crippen molar-refractivity contribution >= 4 is 27.7 Å². The molecule has 0 radical (unpaired) electrons. The van der Waals surface area contributed by atoms with Crippen molar-refractivity contribution in [2.24, 2.45) is 0 Å². The van der Waals surface area contributed by atoms with E-state index in [1.165, 1.54) is 11.1 Å². The van der Waals surface area contributed by atoms with Gasteiger partial charge in [0.15, 0.2) is 0 Å². The highest BCUT2D eigenvalue weighted by Gasteiger charge is 2.49. The largest absolute Gasteiger partial charge is 0.363 e. The molecule has 0 unspecified atom stereocenters. The molecule has 1 spiro atoms. The third kappa shape index (κ3) is 1.16. The van der Waals surface area contributed by atoms with Crippen LogP contribution in [0.2, 0.25) is 0 Å². The lowest BCUT2D eigenvalue weighted by Gasteiger charge is -2.43. The molecule has 0 saturated carbocycles. The second-order valence-corrected chi connectivity index (χ2v) is 5.26. The molecular weight excluding hydrogens is 265 g/mol. The van der Waals surface area contributed by atoms with E-state index in [2.05, 4.69) is 34.1 Å². The first-order valence-electron chi connectivity index (χ1n) is 4.53. The van der Waals surface area contributed by atoms with Crippen LogP contribution in [-0.2, 0) is 16.9 Å². The third-order valence-electron chi connectivity index (χ3n) is 2.92. The first kappa shape index (κ1) is 9.16. The van der Waals surface area contributed by atoms with E-state index in [0.717, 1.165) is 17.6 Å². The Kier molecular flexibility index (Phi) is 1.93. The molecule has 0 aromatic heterocycles. The lowest BCUT2D eigenvalue weighted by Crippen LogP contribution is -2.54. The van der Waals surface area contributed by atoms with Gasteiger partial charge in [-0.2, -0.15) is 0 Å². The average Bonchev–Trinajstić information content (AvgIpc) is 2.44. The standard InChI is InChI=1S/C10H9BrClNO/c11-8-1-2-9-7(3-8)4-14-10(9)5-13(12)6-10/h1-3H,4-6H2. The number of hydrogen-bond donors (Lipinski definition) is 0. The van der Waals surface area contributed by atoms with Gasteiger partial charge in [-0.1, -0.05) is 22.0 Å². The molecule has 0 N–H and O–H groups in total. The quantitative estimate of drug-likeness (QED) is 0.675. The van der Waals surface area contributed by atoms with Crippen LogP contribution in [-0.4, -0.2) is 17.5 Å². The molecule has 1 fully saturated rings. The van der Waals surface area contributed by atoms with Gasteiger partial charge in [-0.25, -0.2) is 4.42 Å². The van der Waals surface area contributed by atoms with E-state index < -0.39 is 0 Å². The van der Waals surface area contributed by atoms with Crippen molar-refractivity contribution < 1.29 is 4.74 Å². The molecule has 2 aliphatic rings. The predicted octanol–water partition coefficient (Wildman–Crippen LogP) is 2.64. The molecule has 1 aromatic carbocycles. The van der Waals surface area contributed by atoms with E-state index in [0.29, 0.717) is 6.61 Å². The number of fused-ring (bicyclic) bond motifs is 2. The van der Waals surface area contributed by atoms with Crippen molar-refractivity contribution in [1.29, 1.82) is 0 Å². The SMILES string of the molecule is ClN1CC2(C1)OCc1cc(Br)ccc12. The average molecular weight is 275 g/mol. The Hall–Kier alpha value is -0.0900. The van der Waals surface area contributed by atoms with Gasteiger partial charge in [-0.3, -0.25) is 0 Å². The summed E-state index contributed by atoms with van der Waals surface area (Å²) < 4.78 is 8.70. The highest BCUT2D eigenvalue weighted by atomic mass is 79.9. The second-order valence-electron chi connectivity index (χ2n) is 3.86. The summed E-state index contributed by atoms with van der Waals surface area (Å²) >= 11 is 9.32. The summed E-state index contributed by atoms with van der Waals surface area (Å²) in [6.45, 7) is 2.30. The molecule has 0 amide bonds. The van der Waals surface area contributed by atoms with E-state index in [9.17, 15) is 0 Å². The lowest BCUT2D eigenvalue weighted by molar-refractivity contribution is -0.112. The maximum Gasteiger partial charge on any atom is 0.122 e. The normalized spacial score (nSPS) is 23.6. The van der Waals surface area contributed by atoms with Gasteiger partial charge in [-0.05, 0) is 35.0 Å². The minimum absolute atomic E-state index is 0.113. The van der Waals surface area contributed by atoms with Gasteiger partial charge >= 0.3 is 0 Å². The van der Waals surface area contributed by atoms with E-state index in [-0.39, 0.29) is 5.60 Å². The number of benzene rings is 1. The number of hydrogen-bond acceptors (Lipinski definition) is 2. The predicted molar refractivity (Wildman–Crippen MR) is 58.0 cm³/mol. The summed E-state index contributed by atoms with van der Waals surface area (Å²) in [4.78, 5) is 0. The maximum absolute atomic E-state index is 5.86. The number of ether oxygens (including phenoxy) is 1. The van der Waals surface area contributed by atoms with Crippen molar-refractivity contribution in [2.75, 3.05) is 13.1 Å².